The highest BCUT2D eigenvalue weighted by Gasteiger charge is 2.07. The molecule has 2 N–H and O–H groups in total. The normalized spacial score (nSPS) is 11.1. The first-order valence-corrected chi connectivity index (χ1v) is 5.79. The highest BCUT2D eigenvalue weighted by Crippen LogP contribution is 2.21. The summed E-state index contributed by atoms with van der Waals surface area (Å²) in [5.74, 6) is 0. The van der Waals surface area contributed by atoms with Crippen LogP contribution in [-0.4, -0.2) is 14.1 Å². The molecule has 0 aliphatic carbocycles. The Bertz CT molecular complexity index is 290. The molecule has 0 fully saturated rings. The third-order valence-electron chi connectivity index (χ3n) is 1.56. The van der Waals surface area contributed by atoms with Crippen molar-refractivity contribution >= 4 is 25.7 Å². The summed E-state index contributed by atoms with van der Waals surface area (Å²) in [6.45, 7) is 2.18. The maximum absolute atomic E-state index is 3.19. The van der Waals surface area contributed by atoms with Crippen molar-refractivity contribution in [1.29, 1.82) is 0 Å². The second-order valence-electron chi connectivity index (χ2n) is 2.16. The fourth-order valence-electron chi connectivity index (χ4n) is 0.993. The van der Waals surface area contributed by atoms with Gasteiger partial charge in [0.15, 0.2) is 0 Å². The third-order valence-corrected chi connectivity index (χ3v) is 4.13. The molecule has 5 heteroatoms. The molecule has 0 saturated heterocycles. The predicted molar refractivity (Wildman–Crippen MR) is 51.1 cm³/mol. The summed E-state index contributed by atoms with van der Waals surface area (Å²) in [5, 5.41) is 4.48. The second kappa shape index (κ2) is 5.56. The summed E-state index contributed by atoms with van der Waals surface area (Å²) in [5.41, 5.74) is 1.41. The van der Waals surface area contributed by atoms with Crippen LogP contribution in [0.2, 0.25) is 0 Å². The zero-order valence-corrected chi connectivity index (χ0v) is 9.79. The molecule has 1 aromatic rings. The number of halogens is 1. The zero-order chi connectivity index (χ0) is 8.27. The van der Waals surface area contributed by atoms with Gasteiger partial charge in [0.25, 0.3) is 4.67 Å². The minimum absolute atomic E-state index is 0. The van der Waals surface area contributed by atoms with Crippen molar-refractivity contribution < 1.29 is 17.4 Å². The van der Waals surface area contributed by atoms with Gasteiger partial charge in [-0.1, -0.05) is 17.3 Å². The van der Waals surface area contributed by atoms with Gasteiger partial charge < -0.3 is 17.7 Å². The Morgan fingerprint density at radius 3 is 2.50 bits per heavy atom. The van der Waals surface area contributed by atoms with Crippen LogP contribution >= 0.6 is 20.7 Å². The number of hydrogen-bond donors (Lipinski definition) is 2. The number of anilines is 1. The first-order chi connectivity index (χ1) is 5.33. The topological polar surface area (TPSA) is 26.0 Å². The van der Waals surface area contributed by atoms with Gasteiger partial charge in [-0.3, -0.25) is 0 Å². The van der Waals surface area contributed by atoms with Gasteiger partial charge in [-0.25, -0.2) is 4.99 Å². The molecule has 0 aliphatic rings. The first-order valence-electron chi connectivity index (χ1n) is 3.64. The lowest BCUT2D eigenvalue weighted by atomic mass is 10.3. The molecular formula is C7H13ClN2S2. The first kappa shape index (κ1) is 11.9. The van der Waals surface area contributed by atoms with E-state index in [9.17, 15) is 0 Å². The summed E-state index contributed by atoms with van der Waals surface area (Å²) in [7, 11) is 7.53. The van der Waals surface area contributed by atoms with E-state index in [0.717, 1.165) is 6.42 Å². The Balaban J connectivity index is 0.00000121. The molecule has 0 unspecified atom stereocenters. The average molecular weight is 225 g/mol. The van der Waals surface area contributed by atoms with Gasteiger partial charge in [-0.05, 0) is 16.8 Å². The Hall–Kier alpha value is -0.0600. The molecule has 70 valence electrons. The van der Waals surface area contributed by atoms with Crippen molar-refractivity contribution in [3.05, 3.63) is 10.2 Å². The smallest absolute Gasteiger partial charge is 0.270 e. The van der Waals surface area contributed by atoms with Gasteiger partial charge in [0.1, 0.15) is 12.0 Å². The molecule has 1 rings (SSSR count). The summed E-state index contributed by atoms with van der Waals surface area (Å²) in [4.78, 5) is 3.19. The van der Waals surface area contributed by atoms with E-state index >= 15 is 0 Å². The van der Waals surface area contributed by atoms with Crippen LogP contribution in [0.5, 0.6) is 0 Å². The van der Waals surface area contributed by atoms with Crippen LogP contribution in [0.15, 0.2) is 0 Å². The van der Waals surface area contributed by atoms with Crippen LogP contribution in [0.3, 0.4) is 0 Å². The molecule has 0 spiro atoms. The van der Waals surface area contributed by atoms with E-state index in [2.05, 4.69) is 17.2 Å². The predicted octanol–water partition coefficient (Wildman–Crippen LogP) is -2.97. The molecule has 12 heavy (non-hydrogen) atoms. The molecule has 0 aliphatic heterocycles. The highest BCUT2D eigenvalue weighted by molar-refractivity contribution is 7.70. The van der Waals surface area contributed by atoms with Crippen LogP contribution in [0.25, 0.3) is 0 Å². The average Bonchev–Trinajstić information content (AvgIpc) is 2.45. The largest absolute Gasteiger partial charge is 1.00 e. The lowest BCUT2D eigenvalue weighted by molar-refractivity contribution is -0.462. The van der Waals surface area contributed by atoms with Crippen LogP contribution in [0.4, 0.5) is 5.00 Å². The molecule has 0 amide bonds. The van der Waals surface area contributed by atoms with Gasteiger partial charge in [0, 0.05) is 7.05 Å². The van der Waals surface area contributed by atoms with Crippen molar-refractivity contribution in [1.82, 2.24) is 0 Å². The summed E-state index contributed by atoms with van der Waals surface area (Å²) >= 11 is 0. The van der Waals surface area contributed by atoms with Crippen molar-refractivity contribution in [3.8, 4) is 0 Å². The molecule has 0 bridgehead atoms. The minimum atomic E-state index is 0. The van der Waals surface area contributed by atoms with E-state index in [1.165, 1.54) is 15.2 Å². The molecular weight excluding hydrogens is 212 g/mol. The van der Waals surface area contributed by atoms with Gasteiger partial charge in [0.05, 0.1) is 5.56 Å². The van der Waals surface area contributed by atoms with Gasteiger partial charge in [0.2, 0.25) is 0 Å². The molecule has 0 aromatic carbocycles. The van der Waals surface area contributed by atoms with Crippen molar-refractivity contribution in [3.63, 3.8) is 0 Å². The highest BCUT2D eigenvalue weighted by atomic mass is 35.5. The van der Waals surface area contributed by atoms with E-state index in [1.807, 2.05) is 14.1 Å². The van der Waals surface area contributed by atoms with Crippen LogP contribution in [-0.2, 0) is 6.42 Å². The molecule has 1 heterocycles. The molecule has 0 saturated carbocycles. The Morgan fingerprint density at radius 2 is 2.08 bits per heavy atom. The number of nitrogens with one attached hydrogen (secondary N) is 2. The van der Waals surface area contributed by atoms with Crippen LogP contribution < -0.4 is 27.4 Å². The number of rotatable bonds is 2. The fourth-order valence-corrected chi connectivity index (χ4v) is 3.69. The standard InChI is InChI=1S/C7H12N2S2.ClH/c1-4-5-6(8-2)10-11-7(5)9-3;/h8H,4H2,1-3H3;1H. The van der Waals surface area contributed by atoms with E-state index in [1.54, 1.807) is 20.7 Å². The van der Waals surface area contributed by atoms with Crippen molar-refractivity contribution in [2.75, 3.05) is 19.4 Å². The summed E-state index contributed by atoms with van der Waals surface area (Å²) in [6, 6.07) is 0. The maximum Gasteiger partial charge on any atom is 0.270 e. The van der Waals surface area contributed by atoms with E-state index in [-0.39, 0.29) is 12.4 Å². The SMILES string of the molecule is CCc1c(NC)ssc1=[NH+]C.[Cl-]. The summed E-state index contributed by atoms with van der Waals surface area (Å²) in [6.07, 6.45) is 1.09. The van der Waals surface area contributed by atoms with Crippen molar-refractivity contribution in [2.24, 2.45) is 0 Å². The quantitative estimate of drug-likeness (QED) is 0.516. The van der Waals surface area contributed by atoms with Crippen LogP contribution in [0.1, 0.15) is 12.5 Å². The fraction of sp³-hybridized carbons (Fsp3) is 0.571. The van der Waals surface area contributed by atoms with Crippen LogP contribution in [0, 0.1) is 0 Å². The lowest BCUT2D eigenvalue weighted by Gasteiger charge is -1.94. The van der Waals surface area contributed by atoms with E-state index < -0.39 is 0 Å². The van der Waals surface area contributed by atoms with E-state index in [0.29, 0.717) is 0 Å². The Labute approximate surface area is 86.2 Å². The summed E-state index contributed by atoms with van der Waals surface area (Å²) < 4.78 is 1.29. The van der Waals surface area contributed by atoms with Crippen molar-refractivity contribution in [2.45, 2.75) is 13.3 Å². The minimum Gasteiger partial charge on any atom is -1.00 e. The molecule has 2 nitrogen and oxygen atoms in total. The third kappa shape index (κ3) is 2.21. The molecule has 1 aromatic heterocycles. The lowest BCUT2D eigenvalue weighted by Crippen LogP contribution is -3.00. The van der Waals surface area contributed by atoms with Gasteiger partial charge >= 0.3 is 0 Å². The molecule has 0 atom stereocenters. The molecule has 0 radical (unpaired) electrons. The van der Waals surface area contributed by atoms with E-state index in [4.69, 9.17) is 0 Å². The monoisotopic (exact) mass is 224 g/mol. The Morgan fingerprint density at radius 1 is 1.42 bits per heavy atom. The van der Waals surface area contributed by atoms with Gasteiger partial charge in [-0.15, -0.1) is 0 Å². The number of hydrogen-bond acceptors (Lipinski definition) is 3. The zero-order valence-electron chi connectivity index (χ0n) is 7.40. The Kier molecular flexibility index (Phi) is 5.53. The maximum atomic E-state index is 3.19. The van der Waals surface area contributed by atoms with Gasteiger partial charge in [-0.2, -0.15) is 0 Å². The second-order valence-corrected chi connectivity index (χ2v) is 4.31.